The maximum absolute atomic E-state index is 12.3. The summed E-state index contributed by atoms with van der Waals surface area (Å²) in [7, 11) is 1.62. The summed E-state index contributed by atoms with van der Waals surface area (Å²) in [5, 5.41) is 11.7. The smallest absolute Gasteiger partial charge is 0.269 e. The lowest BCUT2D eigenvalue weighted by molar-refractivity contribution is 0.0943. The van der Waals surface area contributed by atoms with Crippen LogP contribution in [0.4, 0.5) is 0 Å². The fraction of sp³-hybridized carbons (Fsp3) is 0.263. The first-order chi connectivity index (χ1) is 13.6. The van der Waals surface area contributed by atoms with Gasteiger partial charge in [-0.3, -0.25) is 15.6 Å². The number of carbonyl (C=O) groups is 1. The first-order valence-electron chi connectivity index (χ1n) is 8.80. The van der Waals surface area contributed by atoms with Crippen LogP contribution in [-0.2, 0) is 11.3 Å². The lowest BCUT2D eigenvalue weighted by Gasteiger charge is -2.16. The second kappa shape index (κ2) is 9.25. The number of para-hydroxylation sites is 1. The molecule has 3 aromatic rings. The Morgan fingerprint density at radius 3 is 2.68 bits per heavy atom. The number of amides is 1. The number of hydrogen-bond acceptors (Lipinski definition) is 5. The normalized spacial score (nSPS) is 11.8. The fourth-order valence-electron chi connectivity index (χ4n) is 2.71. The van der Waals surface area contributed by atoms with E-state index in [1.54, 1.807) is 19.2 Å². The van der Waals surface area contributed by atoms with E-state index in [1.807, 2.05) is 48.0 Å². The summed E-state index contributed by atoms with van der Waals surface area (Å²) in [6.45, 7) is 3.01. The zero-order valence-corrected chi connectivity index (χ0v) is 16.5. The zero-order chi connectivity index (χ0) is 19.9. The van der Waals surface area contributed by atoms with E-state index in [4.69, 9.17) is 17.0 Å². The summed E-state index contributed by atoms with van der Waals surface area (Å²) in [5.74, 6) is -0.277. The minimum Gasteiger partial charge on any atom is -0.383 e. The molecular weight excluding hydrogens is 376 g/mol. The molecule has 0 aliphatic heterocycles. The number of fused-ring (bicyclic) bond motifs is 1. The van der Waals surface area contributed by atoms with Crippen molar-refractivity contribution in [1.29, 1.82) is 0 Å². The topological polar surface area (TPSA) is 93.1 Å². The number of aromatic nitrogens is 3. The molecule has 1 amide bonds. The molecule has 0 aliphatic rings. The Labute approximate surface area is 168 Å². The largest absolute Gasteiger partial charge is 0.383 e. The summed E-state index contributed by atoms with van der Waals surface area (Å²) >= 11 is 5.13. The monoisotopic (exact) mass is 398 g/mol. The second-order valence-electron chi connectivity index (χ2n) is 6.34. The fourth-order valence-corrected chi connectivity index (χ4v) is 2.96. The van der Waals surface area contributed by atoms with E-state index in [2.05, 4.69) is 26.5 Å². The van der Waals surface area contributed by atoms with Crippen molar-refractivity contribution < 1.29 is 9.53 Å². The molecule has 28 heavy (non-hydrogen) atoms. The number of methoxy groups -OCH3 is 1. The highest BCUT2D eigenvalue weighted by molar-refractivity contribution is 7.80. The van der Waals surface area contributed by atoms with E-state index in [9.17, 15) is 4.79 Å². The van der Waals surface area contributed by atoms with Crippen LogP contribution in [-0.4, -0.2) is 45.8 Å². The molecule has 0 aliphatic carbocycles. The number of benzene rings is 2. The van der Waals surface area contributed by atoms with E-state index in [0.29, 0.717) is 23.8 Å². The number of hydrogen-bond donors (Lipinski definition) is 3. The summed E-state index contributed by atoms with van der Waals surface area (Å²) in [6.07, 6.45) is 0. The Morgan fingerprint density at radius 2 is 1.93 bits per heavy atom. The summed E-state index contributed by atoms with van der Waals surface area (Å²) in [5.41, 5.74) is 8.62. The molecule has 146 valence electrons. The molecule has 0 fully saturated rings. The molecule has 1 heterocycles. The van der Waals surface area contributed by atoms with Crippen LogP contribution in [0.3, 0.4) is 0 Å². The SMILES string of the molecule is COC[C@H](C)NC(=S)NNC(=O)c1ccc(Cn2nnc3ccccc32)cc1. The molecule has 0 bridgehead atoms. The summed E-state index contributed by atoms with van der Waals surface area (Å²) in [4.78, 5) is 12.3. The van der Waals surface area contributed by atoms with Gasteiger partial charge in [-0.05, 0) is 49.0 Å². The minimum atomic E-state index is -0.277. The van der Waals surface area contributed by atoms with Crippen molar-refractivity contribution in [3.8, 4) is 0 Å². The van der Waals surface area contributed by atoms with Gasteiger partial charge >= 0.3 is 0 Å². The average Bonchev–Trinajstić information content (AvgIpc) is 3.10. The van der Waals surface area contributed by atoms with E-state index >= 15 is 0 Å². The summed E-state index contributed by atoms with van der Waals surface area (Å²) < 4.78 is 6.85. The average molecular weight is 398 g/mol. The van der Waals surface area contributed by atoms with E-state index in [-0.39, 0.29) is 11.9 Å². The summed E-state index contributed by atoms with van der Waals surface area (Å²) in [6, 6.07) is 15.1. The highest BCUT2D eigenvalue weighted by atomic mass is 32.1. The number of nitrogens with one attached hydrogen (secondary N) is 3. The van der Waals surface area contributed by atoms with Gasteiger partial charge in [-0.25, -0.2) is 4.68 Å². The first-order valence-corrected chi connectivity index (χ1v) is 9.20. The van der Waals surface area contributed by atoms with Crippen LogP contribution in [0.2, 0.25) is 0 Å². The molecule has 2 aromatic carbocycles. The van der Waals surface area contributed by atoms with Crippen LogP contribution in [0.5, 0.6) is 0 Å². The number of thiocarbonyl (C=S) groups is 1. The molecule has 1 atom stereocenters. The third kappa shape index (κ3) is 5.02. The van der Waals surface area contributed by atoms with Crippen LogP contribution in [0, 0.1) is 0 Å². The van der Waals surface area contributed by atoms with Gasteiger partial charge in [0.25, 0.3) is 5.91 Å². The van der Waals surface area contributed by atoms with E-state index in [1.165, 1.54) is 0 Å². The van der Waals surface area contributed by atoms with E-state index < -0.39 is 0 Å². The van der Waals surface area contributed by atoms with Gasteiger partial charge in [0, 0.05) is 18.7 Å². The second-order valence-corrected chi connectivity index (χ2v) is 6.75. The molecule has 9 heteroatoms. The number of ether oxygens (including phenoxy) is 1. The van der Waals surface area contributed by atoms with Gasteiger partial charge in [0.2, 0.25) is 0 Å². The molecule has 8 nitrogen and oxygen atoms in total. The van der Waals surface area contributed by atoms with Crippen molar-refractivity contribution in [2.45, 2.75) is 19.5 Å². The molecule has 0 unspecified atom stereocenters. The first kappa shape index (κ1) is 19.7. The van der Waals surface area contributed by atoms with Crippen molar-refractivity contribution in [3.63, 3.8) is 0 Å². The standard InChI is InChI=1S/C19H22N6O2S/c1-13(12-27-2)20-19(28)23-22-18(26)15-9-7-14(8-10-15)11-25-17-6-4-3-5-16(17)21-24-25/h3-10,13H,11-12H2,1-2H3,(H,22,26)(H2,20,23,28)/t13-/m0/s1. The number of carbonyl (C=O) groups excluding carboxylic acids is 1. The maximum Gasteiger partial charge on any atom is 0.269 e. The van der Waals surface area contributed by atoms with Crippen molar-refractivity contribution in [3.05, 3.63) is 59.7 Å². The molecule has 3 N–H and O–H groups in total. The van der Waals surface area contributed by atoms with Gasteiger partial charge in [-0.15, -0.1) is 5.10 Å². The van der Waals surface area contributed by atoms with Crippen LogP contribution >= 0.6 is 12.2 Å². The van der Waals surface area contributed by atoms with Crippen molar-refractivity contribution in [1.82, 2.24) is 31.2 Å². The quantitative estimate of drug-likeness (QED) is 0.429. The Balaban J connectivity index is 1.55. The van der Waals surface area contributed by atoms with Crippen LogP contribution in [0.25, 0.3) is 11.0 Å². The lowest BCUT2D eigenvalue weighted by Crippen LogP contribution is -2.49. The third-order valence-corrected chi connectivity index (χ3v) is 4.27. The molecule has 0 saturated carbocycles. The van der Waals surface area contributed by atoms with Crippen molar-refractivity contribution >= 4 is 34.3 Å². The van der Waals surface area contributed by atoms with Crippen LogP contribution in [0.15, 0.2) is 48.5 Å². The molecule has 3 rings (SSSR count). The highest BCUT2D eigenvalue weighted by Gasteiger charge is 2.09. The Morgan fingerprint density at radius 1 is 1.18 bits per heavy atom. The van der Waals surface area contributed by atoms with Crippen LogP contribution < -0.4 is 16.2 Å². The van der Waals surface area contributed by atoms with Gasteiger partial charge in [0.05, 0.1) is 18.7 Å². The molecular formula is C19H22N6O2S. The van der Waals surface area contributed by atoms with Gasteiger partial charge in [0.1, 0.15) is 5.52 Å². The molecule has 0 radical (unpaired) electrons. The maximum atomic E-state index is 12.3. The Hall–Kier alpha value is -3.04. The lowest BCUT2D eigenvalue weighted by atomic mass is 10.1. The van der Waals surface area contributed by atoms with Gasteiger partial charge in [-0.2, -0.15) is 0 Å². The van der Waals surface area contributed by atoms with Crippen molar-refractivity contribution in [2.75, 3.05) is 13.7 Å². The number of nitrogens with zero attached hydrogens (tertiary/aromatic N) is 3. The molecule has 1 aromatic heterocycles. The number of rotatable bonds is 6. The predicted molar refractivity (Wildman–Crippen MR) is 111 cm³/mol. The van der Waals surface area contributed by atoms with Gasteiger partial charge < -0.3 is 10.1 Å². The molecule has 0 spiro atoms. The van der Waals surface area contributed by atoms with Gasteiger partial charge in [0.15, 0.2) is 5.11 Å². The van der Waals surface area contributed by atoms with Crippen LogP contribution in [0.1, 0.15) is 22.8 Å². The third-order valence-electron chi connectivity index (χ3n) is 4.05. The van der Waals surface area contributed by atoms with Crippen molar-refractivity contribution in [2.24, 2.45) is 0 Å². The Kier molecular flexibility index (Phi) is 6.51. The molecule has 0 saturated heterocycles. The minimum absolute atomic E-state index is 0.0362. The predicted octanol–water partition coefficient (Wildman–Crippen LogP) is 1.62. The van der Waals surface area contributed by atoms with E-state index in [0.717, 1.165) is 16.6 Å². The zero-order valence-electron chi connectivity index (χ0n) is 15.7. The number of hydrazine groups is 1. The Bertz CT molecular complexity index is 956. The highest BCUT2D eigenvalue weighted by Crippen LogP contribution is 2.12. The van der Waals surface area contributed by atoms with Gasteiger partial charge in [-0.1, -0.05) is 29.5 Å².